The first-order valence-electron chi connectivity index (χ1n) is 7.54. The number of anilines is 2. The van der Waals surface area contributed by atoms with E-state index in [1.54, 1.807) is 42.5 Å². The Balaban J connectivity index is 1.72. The lowest BCUT2D eigenvalue weighted by molar-refractivity contribution is -0.122. The van der Waals surface area contributed by atoms with Crippen LogP contribution in [0.1, 0.15) is 12.0 Å². The van der Waals surface area contributed by atoms with Crippen LogP contribution in [0.4, 0.5) is 11.4 Å². The summed E-state index contributed by atoms with van der Waals surface area (Å²) in [5.41, 5.74) is 1.61. The summed E-state index contributed by atoms with van der Waals surface area (Å²) >= 11 is 11.8. The third-order valence-electron chi connectivity index (χ3n) is 3.97. The Hall–Kier alpha value is -2.55. The van der Waals surface area contributed by atoms with Crippen molar-refractivity contribution < 1.29 is 9.59 Å². The van der Waals surface area contributed by atoms with E-state index >= 15 is 0 Å². The number of amides is 2. The quantitative estimate of drug-likeness (QED) is 0.887. The van der Waals surface area contributed by atoms with E-state index in [4.69, 9.17) is 28.5 Å². The second kappa shape index (κ2) is 7.14. The van der Waals surface area contributed by atoms with Crippen molar-refractivity contribution in [1.29, 1.82) is 5.26 Å². The van der Waals surface area contributed by atoms with Crippen molar-refractivity contribution in [3.05, 3.63) is 58.1 Å². The van der Waals surface area contributed by atoms with Gasteiger partial charge in [-0.05, 0) is 36.4 Å². The Kier molecular flexibility index (Phi) is 4.93. The first-order chi connectivity index (χ1) is 12.0. The van der Waals surface area contributed by atoms with E-state index in [-0.39, 0.29) is 24.8 Å². The molecule has 5 nitrogen and oxygen atoms in total. The molecular formula is C18H13Cl2N3O2. The molecule has 1 heterocycles. The zero-order valence-corrected chi connectivity index (χ0v) is 14.5. The lowest BCUT2D eigenvalue weighted by Crippen LogP contribution is -2.28. The minimum absolute atomic E-state index is 0.115. The van der Waals surface area contributed by atoms with Crippen LogP contribution >= 0.6 is 23.2 Å². The van der Waals surface area contributed by atoms with Crippen molar-refractivity contribution in [1.82, 2.24) is 0 Å². The zero-order valence-electron chi connectivity index (χ0n) is 13.0. The molecule has 25 heavy (non-hydrogen) atoms. The van der Waals surface area contributed by atoms with Crippen molar-refractivity contribution in [2.45, 2.75) is 6.42 Å². The average molecular weight is 374 g/mol. The highest BCUT2D eigenvalue weighted by Gasteiger charge is 2.35. The van der Waals surface area contributed by atoms with Crippen LogP contribution in [0.3, 0.4) is 0 Å². The van der Waals surface area contributed by atoms with Crippen LogP contribution in [0.2, 0.25) is 10.0 Å². The van der Waals surface area contributed by atoms with Crippen LogP contribution < -0.4 is 10.2 Å². The number of hydrogen-bond donors (Lipinski definition) is 1. The second-order valence-electron chi connectivity index (χ2n) is 5.69. The van der Waals surface area contributed by atoms with Crippen LogP contribution in [0.25, 0.3) is 0 Å². The van der Waals surface area contributed by atoms with Crippen LogP contribution in [0.5, 0.6) is 0 Å². The van der Waals surface area contributed by atoms with E-state index in [9.17, 15) is 9.59 Å². The highest BCUT2D eigenvalue weighted by molar-refractivity contribution is 6.42. The normalized spacial score (nSPS) is 16.6. The molecule has 2 amide bonds. The summed E-state index contributed by atoms with van der Waals surface area (Å²) in [6, 6.07) is 13.6. The molecule has 2 aromatic carbocycles. The Morgan fingerprint density at radius 2 is 2.00 bits per heavy atom. The van der Waals surface area contributed by atoms with E-state index < -0.39 is 5.92 Å². The van der Waals surface area contributed by atoms with Gasteiger partial charge in [0, 0.05) is 24.3 Å². The highest BCUT2D eigenvalue weighted by Crippen LogP contribution is 2.28. The van der Waals surface area contributed by atoms with Crippen molar-refractivity contribution in [2.24, 2.45) is 5.92 Å². The molecule has 0 saturated carbocycles. The van der Waals surface area contributed by atoms with E-state index in [1.807, 2.05) is 6.07 Å². The topological polar surface area (TPSA) is 73.2 Å². The number of nitriles is 1. The Labute approximate surface area is 154 Å². The summed E-state index contributed by atoms with van der Waals surface area (Å²) in [4.78, 5) is 26.2. The van der Waals surface area contributed by atoms with Gasteiger partial charge in [-0.15, -0.1) is 0 Å². The van der Waals surface area contributed by atoms with Gasteiger partial charge in [0.1, 0.15) is 0 Å². The Morgan fingerprint density at radius 3 is 2.72 bits per heavy atom. The molecule has 1 aliphatic heterocycles. The van der Waals surface area contributed by atoms with Gasteiger partial charge >= 0.3 is 0 Å². The molecule has 7 heteroatoms. The molecule has 1 atom stereocenters. The van der Waals surface area contributed by atoms with Gasteiger partial charge in [0.25, 0.3) is 0 Å². The van der Waals surface area contributed by atoms with Crippen LogP contribution in [0.15, 0.2) is 42.5 Å². The smallest absolute Gasteiger partial charge is 0.229 e. The van der Waals surface area contributed by atoms with Crippen molar-refractivity contribution >= 4 is 46.4 Å². The van der Waals surface area contributed by atoms with Crippen molar-refractivity contribution in [3.8, 4) is 6.07 Å². The van der Waals surface area contributed by atoms with Crippen molar-refractivity contribution in [2.75, 3.05) is 16.8 Å². The molecule has 1 fully saturated rings. The number of hydrogen-bond acceptors (Lipinski definition) is 3. The third-order valence-corrected chi connectivity index (χ3v) is 4.71. The molecule has 0 spiro atoms. The molecule has 1 aliphatic rings. The predicted molar refractivity (Wildman–Crippen MR) is 96.7 cm³/mol. The first-order valence-corrected chi connectivity index (χ1v) is 8.30. The van der Waals surface area contributed by atoms with E-state index in [0.29, 0.717) is 27.0 Å². The monoisotopic (exact) mass is 373 g/mol. The summed E-state index contributed by atoms with van der Waals surface area (Å²) in [5.74, 6) is -0.886. The minimum Gasteiger partial charge on any atom is -0.326 e. The van der Waals surface area contributed by atoms with E-state index in [0.717, 1.165) is 0 Å². The molecule has 0 aliphatic carbocycles. The summed E-state index contributed by atoms with van der Waals surface area (Å²) in [5, 5.41) is 12.5. The summed E-state index contributed by atoms with van der Waals surface area (Å²) in [7, 11) is 0. The SMILES string of the molecule is N#Cc1cccc(N2CC(C(=O)Nc3ccc(Cl)c(Cl)c3)CC2=O)c1. The zero-order chi connectivity index (χ0) is 18.0. The molecule has 1 unspecified atom stereocenters. The maximum absolute atomic E-state index is 12.4. The highest BCUT2D eigenvalue weighted by atomic mass is 35.5. The van der Waals surface area contributed by atoms with Gasteiger partial charge in [0.15, 0.2) is 0 Å². The lowest BCUT2D eigenvalue weighted by Gasteiger charge is -2.17. The van der Waals surface area contributed by atoms with Crippen molar-refractivity contribution in [3.63, 3.8) is 0 Å². The minimum atomic E-state index is -0.479. The molecule has 0 aromatic heterocycles. The molecule has 3 rings (SSSR count). The molecule has 1 saturated heterocycles. The number of benzene rings is 2. The fourth-order valence-electron chi connectivity index (χ4n) is 2.69. The standard InChI is InChI=1S/C18H13Cl2N3O2/c19-15-5-4-13(8-16(15)20)22-18(25)12-7-17(24)23(10-12)14-3-1-2-11(6-14)9-21/h1-6,8,12H,7,10H2,(H,22,25). The van der Waals surface area contributed by atoms with Gasteiger partial charge in [-0.1, -0.05) is 29.3 Å². The van der Waals surface area contributed by atoms with Gasteiger partial charge in [0.05, 0.1) is 27.6 Å². The second-order valence-corrected chi connectivity index (χ2v) is 6.50. The van der Waals surface area contributed by atoms with Gasteiger partial charge in [-0.3, -0.25) is 9.59 Å². The summed E-state index contributed by atoms with van der Waals surface area (Å²) < 4.78 is 0. The van der Waals surface area contributed by atoms with Gasteiger partial charge in [-0.2, -0.15) is 5.26 Å². The van der Waals surface area contributed by atoms with Crippen LogP contribution in [-0.4, -0.2) is 18.4 Å². The largest absolute Gasteiger partial charge is 0.326 e. The van der Waals surface area contributed by atoms with Gasteiger partial charge in [-0.25, -0.2) is 0 Å². The molecule has 1 N–H and O–H groups in total. The maximum atomic E-state index is 12.4. The van der Waals surface area contributed by atoms with E-state index in [2.05, 4.69) is 5.32 Å². The van der Waals surface area contributed by atoms with E-state index in [1.165, 1.54) is 4.90 Å². The summed E-state index contributed by atoms with van der Waals surface area (Å²) in [6.07, 6.45) is 0.115. The fraction of sp³-hybridized carbons (Fsp3) is 0.167. The number of rotatable bonds is 3. The maximum Gasteiger partial charge on any atom is 0.229 e. The number of carbonyl (C=O) groups is 2. The molecule has 126 valence electrons. The molecule has 2 aromatic rings. The summed E-state index contributed by atoms with van der Waals surface area (Å²) in [6.45, 7) is 0.265. The molecule has 0 radical (unpaired) electrons. The molecular weight excluding hydrogens is 361 g/mol. The van der Waals surface area contributed by atoms with Crippen LogP contribution in [-0.2, 0) is 9.59 Å². The number of halogens is 2. The number of nitrogens with zero attached hydrogens (tertiary/aromatic N) is 2. The Morgan fingerprint density at radius 1 is 1.20 bits per heavy atom. The third kappa shape index (κ3) is 3.76. The lowest BCUT2D eigenvalue weighted by atomic mass is 10.1. The van der Waals surface area contributed by atoms with Gasteiger partial charge < -0.3 is 10.2 Å². The molecule has 0 bridgehead atoms. The average Bonchev–Trinajstić information content (AvgIpc) is 3.00. The van der Waals surface area contributed by atoms with Gasteiger partial charge in [0.2, 0.25) is 11.8 Å². The first kappa shape index (κ1) is 17.3. The van der Waals surface area contributed by atoms with Crippen LogP contribution in [0, 0.1) is 17.2 Å². The Bertz CT molecular complexity index is 892. The predicted octanol–water partition coefficient (Wildman–Crippen LogP) is 3.86. The number of nitrogens with one attached hydrogen (secondary N) is 1. The fourth-order valence-corrected chi connectivity index (χ4v) is 2.99. The number of carbonyl (C=O) groups excluding carboxylic acids is 2.